The molecule has 0 radical (unpaired) electrons. The number of alkyl halides is 6. The van der Waals surface area contributed by atoms with Crippen molar-refractivity contribution >= 4 is 21.2 Å². The molecule has 2 aliphatic rings. The van der Waals surface area contributed by atoms with Crippen LogP contribution in [0, 0.1) is 0 Å². The second-order valence-electron chi connectivity index (χ2n) is 7.72. The highest BCUT2D eigenvalue weighted by atomic mass is 32.2. The molecule has 2 heterocycles. The van der Waals surface area contributed by atoms with Gasteiger partial charge in [-0.1, -0.05) is 0 Å². The molecular weight excluding hydrogens is 462 g/mol. The first-order valence-corrected chi connectivity index (χ1v) is 11.3. The molecule has 2 aromatic carbocycles. The van der Waals surface area contributed by atoms with Crippen molar-refractivity contribution in [3.05, 3.63) is 41.5 Å². The lowest BCUT2D eigenvalue weighted by Crippen LogP contribution is -2.73. The molecule has 0 spiro atoms. The molecular formula is C20H19F6N2O3S+. The number of nitrogens with two attached hydrogens (primary N) is 1. The Morgan fingerprint density at radius 2 is 1.62 bits per heavy atom. The van der Waals surface area contributed by atoms with E-state index in [1.807, 2.05) is 0 Å². The topological polar surface area (TPSA) is 72.0 Å². The van der Waals surface area contributed by atoms with Crippen LogP contribution in [0.25, 0.3) is 0 Å². The number of fused-ring (bicyclic) bond motifs is 2. The van der Waals surface area contributed by atoms with Crippen molar-refractivity contribution in [2.75, 3.05) is 13.1 Å². The van der Waals surface area contributed by atoms with E-state index in [1.54, 1.807) is 0 Å². The van der Waals surface area contributed by atoms with Crippen LogP contribution in [0.5, 0.6) is 5.75 Å². The Kier molecular flexibility index (Phi) is 5.66. The van der Waals surface area contributed by atoms with E-state index in [-0.39, 0.29) is 17.1 Å². The number of quaternary nitrogens is 1. The third-order valence-electron chi connectivity index (χ3n) is 5.45. The van der Waals surface area contributed by atoms with Gasteiger partial charge in [-0.15, -0.1) is 0 Å². The summed E-state index contributed by atoms with van der Waals surface area (Å²) in [6, 6.07) is 3.36. The zero-order valence-electron chi connectivity index (χ0n) is 16.5. The van der Waals surface area contributed by atoms with Gasteiger partial charge in [0, 0.05) is 12.6 Å². The Balaban J connectivity index is 1.86. The van der Waals surface area contributed by atoms with Gasteiger partial charge in [0.1, 0.15) is 15.9 Å². The smallest absolute Gasteiger partial charge is 0.416 e. The van der Waals surface area contributed by atoms with Crippen molar-refractivity contribution in [2.24, 2.45) is 0 Å². The van der Waals surface area contributed by atoms with Gasteiger partial charge in [-0.05, 0) is 50.1 Å². The van der Waals surface area contributed by atoms with E-state index in [1.165, 1.54) is 5.32 Å². The third kappa shape index (κ3) is 4.30. The van der Waals surface area contributed by atoms with Crippen LogP contribution in [0.3, 0.4) is 0 Å². The van der Waals surface area contributed by atoms with Gasteiger partial charge in [-0.2, -0.15) is 26.3 Å². The zero-order chi connectivity index (χ0) is 23.3. The van der Waals surface area contributed by atoms with Crippen molar-refractivity contribution in [1.82, 2.24) is 5.32 Å². The van der Waals surface area contributed by atoms with Crippen LogP contribution in [-0.4, -0.2) is 27.6 Å². The molecule has 5 nitrogen and oxygen atoms in total. The molecule has 0 bridgehead atoms. The van der Waals surface area contributed by atoms with Crippen LogP contribution >= 0.6 is 0 Å². The third-order valence-corrected chi connectivity index (χ3v) is 7.30. The standard InChI is InChI=1S/C20H18F6N2O3S/c21-19(22,23)11-4-5-14-16(8-11)32(29,30)17-9-12(20(24,25)26)7-15(18(17)28-14)31-13-3-1-2-6-27-10-13/h4-5,7-9,13,27-28H,1-3,6,10H2/p+1/t13-/m1/s1. The summed E-state index contributed by atoms with van der Waals surface area (Å²) in [5, 5.41) is 4.37. The predicted octanol–water partition coefficient (Wildman–Crippen LogP) is 3.92. The van der Waals surface area contributed by atoms with Gasteiger partial charge < -0.3 is 10.1 Å². The Labute approximate surface area is 179 Å². The second kappa shape index (κ2) is 7.92. The van der Waals surface area contributed by atoms with Crippen LogP contribution in [0.2, 0.25) is 0 Å². The summed E-state index contributed by atoms with van der Waals surface area (Å²) in [6.45, 7) is 1.11. The van der Waals surface area contributed by atoms with Crippen molar-refractivity contribution in [2.45, 2.75) is 47.5 Å². The largest absolute Gasteiger partial charge is 0.483 e. The number of hydrogen-bond donors (Lipinski definition) is 2. The molecule has 12 heteroatoms. The van der Waals surface area contributed by atoms with E-state index in [0.29, 0.717) is 25.1 Å². The lowest BCUT2D eigenvalue weighted by atomic mass is 10.1. The minimum atomic E-state index is -4.88. The fourth-order valence-corrected chi connectivity index (χ4v) is 5.52. The Bertz CT molecular complexity index is 1140. The van der Waals surface area contributed by atoms with Crippen molar-refractivity contribution < 1.29 is 44.8 Å². The number of ether oxygens (including phenoxy) is 1. The minimum absolute atomic E-state index is 0.0471. The number of halogens is 6. The van der Waals surface area contributed by atoms with E-state index in [0.717, 1.165) is 37.6 Å². The quantitative estimate of drug-likeness (QED) is 0.430. The Morgan fingerprint density at radius 3 is 2.31 bits per heavy atom. The lowest BCUT2D eigenvalue weighted by molar-refractivity contribution is -0.486. The summed E-state index contributed by atoms with van der Waals surface area (Å²) in [7, 11) is -4.66. The molecule has 2 aliphatic heterocycles. The zero-order valence-corrected chi connectivity index (χ0v) is 17.3. The average Bonchev–Trinajstić information content (AvgIpc) is 2.95. The van der Waals surface area contributed by atoms with E-state index in [9.17, 15) is 34.8 Å². The average molecular weight is 481 g/mol. The van der Waals surface area contributed by atoms with Gasteiger partial charge >= 0.3 is 12.4 Å². The Hall–Kier alpha value is -2.31. The highest BCUT2D eigenvalue weighted by molar-refractivity contribution is 7.91. The molecule has 4 rings (SSSR count). The van der Waals surface area contributed by atoms with Gasteiger partial charge in [0.25, 0.3) is 0 Å². The van der Waals surface area contributed by atoms with Gasteiger partial charge in [0.15, 0.2) is 17.1 Å². The summed E-state index contributed by atoms with van der Waals surface area (Å²) in [6.07, 6.45) is -7.94. The first-order chi connectivity index (χ1) is 14.9. The summed E-state index contributed by atoms with van der Waals surface area (Å²) in [4.78, 5) is -1.42. The molecule has 1 saturated heterocycles. The molecule has 0 aromatic heterocycles. The maximum Gasteiger partial charge on any atom is 0.416 e. The highest BCUT2D eigenvalue weighted by Crippen LogP contribution is 2.44. The molecule has 174 valence electrons. The molecule has 32 heavy (non-hydrogen) atoms. The first kappa shape index (κ1) is 22.9. The van der Waals surface area contributed by atoms with E-state index < -0.39 is 49.2 Å². The van der Waals surface area contributed by atoms with Crippen LogP contribution in [0.4, 0.5) is 37.7 Å². The van der Waals surface area contributed by atoms with E-state index in [2.05, 4.69) is 5.32 Å². The molecule has 0 aliphatic carbocycles. The van der Waals surface area contributed by atoms with Crippen LogP contribution in [-0.2, 0) is 22.2 Å². The fraction of sp³-hybridized carbons (Fsp3) is 0.400. The van der Waals surface area contributed by atoms with Crippen molar-refractivity contribution in [3.63, 3.8) is 0 Å². The second-order valence-corrected chi connectivity index (χ2v) is 9.61. The SMILES string of the molecule is O=S1(=O)c2cc(C(F)(F)F)ccc2[NH2+]c2c(O[C@@H]3CCCCNC3)cc(C(F)(F)F)cc21. The summed E-state index contributed by atoms with van der Waals surface area (Å²) in [5.74, 6) is -0.266. The minimum Gasteiger partial charge on any atom is -0.483 e. The molecule has 2 aromatic rings. The van der Waals surface area contributed by atoms with Gasteiger partial charge in [-0.25, -0.2) is 8.42 Å². The molecule has 1 fully saturated rings. The number of sulfone groups is 1. The number of nitrogens with one attached hydrogen (secondary N) is 1. The van der Waals surface area contributed by atoms with Crippen LogP contribution in [0.1, 0.15) is 30.4 Å². The number of benzene rings is 2. The summed E-state index contributed by atoms with van der Waals surface area (Å²) in [5.41, 5.74) is -2.60. The number of hydrogen-bond acceptors (Lipinski definition) is 4. The molecule has 0 amide bonds. The van der Waals surface area contributed by atoms with E-state index in [4.69, 9.17) is 4.74 Å². The first-order valence-electron chi connectivity index (χ1n) is 9.81. The van der Waals surface area contributed by atoms with Crippen LogP contribution < -0.4 is 15.4 Å². The normalized spacial score (nSPS) is 20.8. The molecule has 0 unspecified atom stereocenters. The van der Waals surface area contributed by atoms with Gasteiger partial charge in [0.05, 0.1) is 11.1 Å². The van der Waals surface area contributed by atoms with Crippen LogP contribution in [0.15, 0.2) is 40.1 Å². The van der Waals surface area contributed by atoms with Crippen molar-refractivity contribution in [3.8, 4) is 5.75 Å². The monoisotopic (exact) mass is 481 g/mol. The summed E-state index contributed by atoms with van der Waals surface area (Å²) < 4.78 is 112. The number of rotatable bonds is 2. The maximum atomic E-state index is 13.5. The lowest BCUT2D eigenvalue weighted by Gasteiger charge is -2.24. The fourth-order valence-electron chi connectivity index (χ4n) is 3.83. The molecule has 0 saturated carbocycles. The summed E-state index contributed by atoms with van der Waals surface area (Å²) >= 11 is 0. The molecule has 3 N–H and O–H groups in total. The molecule has 1 atom stereocenters. The van der Waals surface area contributed by atoms with Crippen molar-refractivity contribution in [1.29, 1.82) is 0 Å². The van der Waals surface area contributed by atoms with Gasteiger partial charge in [0.2, 0.25) is 9.84 Å². The Morgan fingerprint density at radius 1 is 0.938 bits per heavy atom. The van der Waals surface area contributed by atoms with E-state index >= 15 is 0 Å². The maximum absolute atomic E-state index is 13.5. The highest BCUT2D eigenvalue weighted by Gasteiger charge is 2.42. The van der Waals surface area contributed by atoms with Gasteiger partial charge in [-0.3, -0.25) is 5.32 Å². The predicted molar refractivity (Wildman–Crippen MR) is 101 cm³/mol.